The Kier molecular flexibility index (Phi) is 6.21. The zero-order valence-corrected chi connectivity index (χ0v) is 21.2. The molecule has 1 fully saturated rings. The van der Waals surface area contributed by atoms with Crippen LogP contribution in [0.5, 0.6) is 0 Å². The van der Waals surface area contributed by atoms with Gasteiger partial charge < -0.3 is 10.2 Å². The molecule has 3 heterocycles. The molecule has 2 aliphatic rings. The summed E-state index contributed by atoms with van der Waals surface area (Å²) in [6.07, 6.45) is 5.63. The number of H-pyrrole nitrogens is 1. The zero-order valence-electron chi connectivity index (χ0n) is 21.2. The van der Waals surface area contributed by atoms with Gasteiger partial charge in [-0.3, -0.25) is 14.8 Å². The first kappa shape index (κ1) is 23.4. The van der Waals surface area contributed by atoms with Gasteiger partial charge in [0.25, 0.3) is 5.91 Å². The second-order valence-electron chi connectivity index (χ2n) is 10.1. The van der Waals surface area contributed by atoms with Crippen LogP contribution in [0.1, 0.15) is 50.6 Å². The molecule has 1 unspecified atom stereocenters. The molecule has 2 aromatic heterocycles. The second kappa shape index (κ2) is 9.81. The van der Waals surface area contributed by atoms with Gasteiger partial charge in [0.15, 0.2) is 5.65 Å². The van der Waals surface area contributed by atoms with Crippen molar-refractivity contribution in [3.63, 3.8) is 0 Å². The first-order valence-corrected chi connectivity index (χ1v) is 12.8. The Hall–Kier alpha value is -3.99. The van der Waals surface area contributed by atoms with E-state index in [4.69, 9.17) is 0 Å². The minimum absolute atomic E-state index is 0.0942. The number of aromatic nitrogens is 3. The minimum atomic E-state index is -0.0942. The number of aryl methyl sites for hydroxylation is 2. The maximum absolute atomic E-state index is 13.1. The number of aromatic amines is 1. The van der Waals surface area contributed by atoms with Crippen LogP contribution < -0.4 is 5.32 Å². The molecule has 1 aliphatic heterocycles. The quantitative estimate of drug-likeness (QED) is 0.422. The number of likely N-dealkylation sites (N-methyl/N-ethyl adjacent to an activating group) is 1. The third-order valence-corrected chi connectivity index (χ3v) is 7.56. The number of amides is 1. The van der Waals surface area contributed by atoms with E-state index >= 15 is 0 Å². The molecule has 0 saturated carbocycles. The van der Waals surface area contributed by atoms with Crippen molar-refractivity contribution >= 4 is 22.6 Å². The van der Waals surface area contributed by atoms with E-state index < -0.39 is 0 Å². The van der Waals surface area contributed by atoms with Crippen LogP contribution in [0.25, 0.3) is 11.0 Å². The summed E-state index contributed by atoms with van der Waals surface area (Å²) in [5.41, 5.74) is 7.60. The van der Waals surface area contributed by atoms with Gasteiger partial charge in [-0.1, -0.05) is 24.0 Å². The van der Waals surface area contributed by atoms with Crippen LogP contribution in [0.3, 0.4) is 0 Å². The first-order chi connectivity index (χ1) is 18.0. The molecule has 4 aromatic rings. The molecule has 0 radical (unpaired) electrons. The molecule has 7 nitrogen and oxygen atoms in total. The lowest BCUT2D eigenvalue weighted by molar-refractivity contribution is 0.102. The largest absolute Gasteiger partial charge is 0.322 e. The van der Waals surface area contributed by atoms with E-state index in [1.807, 2.05) is 37.3 Å². The average Bonchev–Trinajstić information content (AvgIpc) is 3.56. The predicted octanol–water partition coefficient (Wildman–Crippen LogP) is 4.15. The SMILES string of the molecule is Cc1ccc(NC(=O)c2ccc3c(c2)CCC3N2CCN(C)CC2)cc1C#Cc1cnc2[nH]ncc2c1. The van der Waals surface area contributed by atoms with Crippen LogP contribution in [0.15, 0.2) is 54.9 Å². The molecule has 1 saturated heterocycles. The molecule has 2 aromatic carbocycles. The highest BCUT2D eigenvalue weighted by Crippen LogP contribution is 2.36. The number of rotatable bonds is 3. The number of fused-ring (bicyclic) bond motifs is 2. The molecule has 2 N–H and O–H groups in total. The van der Waals surface area contributed by atoms with Crippen molar-refractivity contribution in [2.24, 2.45) is 0 Å². The molecular weight excluding hydrogens is 460 g/mol. The third kappa shape index (κ3) is 4.86. The number of hydrogen-bond donors (Lipinski definition) is 2. The number of carbonyl (C=O) groups excluding carboxylic acids is 1. The summed E-state index contributed by atoms with van der Waals surface area (Å²) in [4.78, 5) is 22.5. The molecule has 1 atom stereocenters. The molecular formula is C30H30N6O. The molecule has 0 spiro atoms. The highest BCUT2D eigenvalue weighted by molar-refractivity contribution is 6.04. The van der Waals surface area contributed by atoms with Crippen molar-refractivity contribution in [1.82, 2.24) is 25.0 Å². The van der Waals surface area contributed by atoms with E-state index in [-0.39, 0.29) is 5.91 Å². The number of piperazine rings is 1. The Labute approximate surface area is 216 Å². The van der Waals surface area contributed by atoms with Crippen molar-refractivity contribution < 1.29 is 4.79 Å². The Bertz CT molecular complexity index is 1540. The standard InChI is InChI=1S/C30H30N6O/c1-20-3-8-26(17-22(20)5-4-21-15-25-19-32-34-29(25)31-18-21)33-30(37)24-6-9-27-23(16-24)7-10-28(27)36-13-11-35(2)12-14-36/h3,6,8-9,15-19,28H,7,10-14H2,1-2H3,(H,33,37)(H,31,32,34). The maximum Gasteiger partial charge on any atom is 0.255 e. The molecule has 1 amide bonds. The van der Waals surface area contributed by atoms with Crippen LogP contribution >= 0.6 is 0 Å². The van der Waals surface area contributed by atoms with Crippen LogP contribution in [0, 0.1) is 18.8 Å². The zero-order chi connectivity index (χ0) is 25.4. The summed E-state index contributed by atoms with van der Waals surface area (Å²) < 4.78 is 0. The fourth-order valence-corrected chi connectivity index (χ4v) is 5.33. The topological polar surface area (TPSA) is 77.2 Å². The second-order valence-corrected chi connectivity index (χ2v) is 10.1. The Morgan fingerprint density at radius 1 is 1.05 bits per heavy atom. The minimum Gasteiger partial charge on any atom is -0.322 e. The number of carbonyl (C=O) groups is 1. The summed E-state index contributed by atoms with van der Waals surface area (Å²) in [5, 5.41) is 10.8. The number of benzene rings is 2. The summed E-state index contributed by atoms with van der Waals surface area (Å²) >= 11 is 0. The summed E-state index contributed by atoms with van der Waals surface area (Å²) in [6, 6.07) is 14.5. The molecule has 7 heteroatoms. The smallest absolute Gasteiger partial charge is 0.255 e. The molecule has 6 rings (SSSR count). The molecule has 1 aliphatic carbocycles. The lowest BCUT2D eigenvalue weighted by atomic mass is 10.0. The fraction of sp³-hybridized carbons (Fsp3) is 0.300. The Morgan fingerprint density at radius 2 is 1.92 bits per heavy atom. The van der Waals surface area contributed by atoms with Crippen molar-refractivity contribution in [1.29, 1.82) is 0 Å². The van der Waals surface area contributed by atoms with Crippen LogP contribution in [-0.4, -0.2) is 64.1 Å². The number of nitrogens with one attached hydrogen (secondary N) is 2. The van der Waals surface area contributed by atoms with Crippen LogP contribution in [0.4, 0.5) is 5.69 Å². The Balaban J connectivity index is 1.17. The molecule has 0 bridgehead atoms. The van der Waals surface area contributed by atoms with E-state index in [1.165, 1.54) is 11.1 Å². The van der Waals surface area contributed by atoms with Crippen molar-refractivity contribution in [2.75, 3.05) is 38.5 Å². The van der Waals surface area contributed by atoms with Gasteiger partial charge >= 0.3 is 0 Å². The van der Waals surface area contributed by atoms with Crippen LogP contribution in [-0.2, 0) is 6.42 Å². The lowest BCUT2D eigenvalue weighted by Gasteiger charge is -2.36. The van der Waals surface area contributed by atoms with Crippen LogP contribution in [0.2, 0.25) is 0 Å². The van der Waals surface area contributed by atoms with E-state index in [9.17, 15) is 4.79 Å². The number of hydrogen-bond acceptors (Lipinski definition) is 5. The van der Waals surface area contributed by atoms with Gasteiger partial charge in [0.2, 0.25) is 0 Å². The van der Waals surface area contributed by atoms with Crippen molar-refractivity contribution in [2.45, 2.75) is 25.8 Å². The fourth-order valence-electron chi connectivity index (χ4n) is 5.33. The predicted molar refractivity (Wildman–Crippen MR) is 146 cm³/mol. The van der Waals surface area contributed by atoms with Gasteiger partial charge in [-0.2, -0.15) is 5.10 Å². The van der Waals surface area contributed by atoms with Crippen molar-refractivity contribution in [3.8, 4) is 11.8 Å². The summed E-state index contributed by atoms with van der Waals surface area (Å²) in [7, 11) is 2.19. The van der Waals surface area contributed by atoms with E-state index in [0.29, 0.717) is 11.6 Å². The van der Waals surface area contributed by atoms with Gasteiger partial charge in [0.05, 0.1) is 6.20 Å². The van der Waals surface area contributed by atoms with Gasteiger partial charge in [-0.05, 0) is 73.8 Å². The van der Waals surface area contributed by atoms with Gasteiger partial charge in [0.1, 0.15) is 0 Å². The van der Waals surface area contributed by atoms with E-state index in [0.717, 1.165) is 72.4 Å². The lowest BCUT2D eigenvalue weighted by Crippen LogP contribution is -2.45. The Morgan fingerprint density at radius 3 is 2.78 bits per heavy atom. The highest BCUT2D eigenvalue weighted by Gasteiger charge is 2.30. The molecule has 186 valence electrons. The average molecular weight is 491 g/mol. The normalized spacial score (nSPS) is 17.8. The monoisotopic (exact) mass is 490 g/mol. The van der Waals surface area contributed by atoms with Gasteiger partial charge in [-0.25, -0.2) is 4.98 Å². The number of anilines is 1. The van der Waals surface area contributed by atoms with Gasteiger partial charge in [-0.15, -0.1) is 0 Å². The maximum atomic E-state index is 13.1. The summed E-state index contributed by atoms with van der Waals surface area (Å²) in [5.74, 6) is 6.32. The number of pyridine rings is 1. The van der Waals surface area contributed by atoms with Crippen molar-refractivity contribution in [3.05, 3.63) is 88.2 Å². The van der Waals surface area contributed by atoms with Gasteiger partial charge in [0, 0.05) is 66.2 Å². The highest BCUT2D eigenvalue weighted by atomic mass is 16.1. The molecule has 37 heavy (non-hydrogen) atoms. The number of nitrogens with zero attached hydrogens (tertiary/aromatic N) is 4. The first-order valence-electron chi connectivity index (χ1n) is 12.8. The van der Waals surface area contributed by atoms with E-state index in [1.54, 1.807) is 12.4 Å². The summed E-state index contributed by atoms with van der Waals surface area (Å²) in [6.45, 7) is 6.47. The van der Waals surface area contributed by atoms with E-state index in [2.05, 4.69) is 61.3 Å². The third-order valence-electron chi connectivity index (χ3n) is 7.56.